The fourth-order valence-corrected chi connectivity index (χ4v) is 6.30. The number of piperidine rings is 1. The van der Waals surface area contributed by atoms with E-state index >= 15 is 0 Å². The summed E-state index contributed by atoms with van der Waals surface area (Å²) in [5.41, 5.74) is 1.31. The zero-order chi connectivity index (χ0) is 28.6. The number of hydrogen-bond donors (Lipinski definition) is 2. The molecule has 1 aromatic carbocycles. The van der Waals surface area contributed by atoms with Gasteiger partial charge in [0.2, 0.25) is 5.95 Å². The van der Waals surface area contributed by atoms with Gasteiger partial charge in [-0.25, -0.2) is 9.78 Å². The minimum atomic E-state index is -1.06. The highest BCUT2D eigenvalue weighted by Gasteiger charge is 2.28. The van der Waals surface area contributed by atoms with Gasteiger partial charge in [0.1, 0.15) is 23.7 Å². The molecule has 1 aromatic heterocycles. The molecule has 10 nitrogen and oxygen atoms in total. The number of nitrogens with zero attached hydrogens (tertiary/aromatic N) is 6. The lowest BCUT2D eigenvalue weighted by Gasteiger charge is -2.38. The summed E-state index contributed by atoms with van der Waals surface area (Å²) in [4.78, 5) is 46.3. The molecule has 4 heterocycles. The maximum atomic E-state index is 13.4. The number of aliphatic carboxylic acids is 1. The van der Waals surface area contributed by atoms with Crippen LogP contribution in [0.4, 0.5) is 11.8 Å². The van der Waals surface area contributed by atoms with Crippen LogP contribution < -0.4 is 15.1 Å². The highest BCUT2D eigenvalue weighted by Crippen LogP contribution is 2.25. The van der Waals surface area contributed by atoms with Crippen molar-refractivity contribution in [3.8, 4) is 0 Å². The van der Waals surface area contributed by atoms with Crippen LogP contribution in [0.1, 0.15) is 42.2 Å². The van der Waals surface area contributed by atoms with Crippen molar-refractivity contribution in [1.29, 1.82) is 0 Å². The predicted molar refractivity (Wildman–Crippen MR) is 164 cm³/mol. The van der Waals surface area contributed by atoms with Crippen molar-refractivity contribution >= 4 is 41.6 Å². The van der Waals surface area contributed by atoms with Gasteiger partial charge in [-0.05, 0) is 30.4 Å². The van der Waals surface area contributed by atoms with Gasteiger partial charge in [0.05, 0.1) is 0 Å². The van der Waals surface area contributed by atoms with E-state index < -0.39 is 17.9 Å². The van der Waals surface area contributed by atoms with Gasteiger partial charge in [-0.2, -0.15) is 16.7 Å². The second-order valence-corrected chi connectivity index (χ2v) is 11.9. The summed E-state index contributed by atoms with van der Waals surface area (Å²) in [5.74, 6) is 1.27. The molecule has 2 aromatic rings. The Morgan fingerprint density at radius 3 is 2.49 bits per heavy atom. The quantitative estimate of drug-likeness (QED) is 0.439. The molecule has 2 fully saturated rings. The fourth-order valence-electron chi connectivity index (χ4n) is 5.29. The summed E-state index contributed by atoms with van der Waals surface area (Å²) < 4.78 is 0. The van der Waals surface area contributed by atoms with Crippen molar-refractivity contribution in [2.24, 2.45) is 10.9 Å². The summed E-state index contributed by atoms with van der Waals surface area (Å²) >= 11 is 1.48. The molecule has 1 amide bonds. The van der Waals surface area contributed by atoms with E-state index in [9.17, 15) is 14.7 Å². The number of anilines is 2. The largest absolute Gasteiger partial charge is 0.480 e. The first-order chi connectivity index (χ1) is 20.0. The van der Waals surface area contributed by atoms with Gasteiger partial charge in [-0.1, -0.05) is 43.3 Å². The third-order valence-electron chi connectivity index (χ3n) is 7.89. The van der Waals surface area contributed by atoms with Crippen LogP contribution in [0.15, 0.2) is 53.5 Å². The first kappa shape index (κ1) is 29.1. The molecule has 2 N–H and O–H groups in total. The molecule has 3 aliphatic rings. The van der Waals surface area contributed by atoms with E-state index in [0.29, 0.717) is 17.6 Å². The standard InChI is InChI=1S/C30H39N7O3S/c1-22-10-13-35(14-11-22)27-19-24(28(38)32-25(29(39)40)21-41-20-23-7-3-2-4-8-23)33-30(34-27)37-17-15-36(16-18-37)26-9-5-6-12-31-26/h2-8,12,19,22,25-26H,9-11,13-18,20-21H2,1H3,(H,32,38)(H,39,40). The fraction of sp³-hybridized carbons (Fsp3) is 0.500. The highest BCUT2D eigenvalue weighted by molar-refractivity contribution is 7.98. The molecular formula is C30H39N7O3S. The molecule has 0 spiro atoms. The Labute approximate surface area is 245 Å². The van der Waals surface area contributed by atoms with Gasteiger partial charge in [-0.3, -0.25) is 14.7 Å². The number of piperazine rings is 1. The van der Waals surface area contributed by atoms with Crippen molar-refractivity contribution in [3.05, 3.63) is 59.8 Å². The van der Waals surface area contributed by atoms with Crippen molar-refractivity contribution in [2.75, 3.05) is 54.8 Å². The second kappa shape index (κ2) is 14.0. The normalized spacial score (nSPS) is 20.7. The number of carbonyl (C=O) groups is 2. The van der Waals surface area contributed by atoms with Gasteiger partial charge in [-0.15, -0.1) is 0 Å². The predicted octanol–water partition coefficient (Wildman–Crippen LogP) is 3.31. The Morgan fingerprint density at radius 1 is 1.05 bits per heavy atom. The summed E-state index contributed by atoms with van der Waals surface area (Å²) in [5, 5.41) is 12.6. The Balaban J connectivity index is 1.29. The van der Waals surface area contributed by atoms with Crippen LogP contribution in [0.3, 0.4) is 0 Å². The number of thioether (sulfide) groups is 1. The van der Waals surface area contributed by atoms with Crippen LogP contribution in [0.5, 0.6) is 0 Å². The maximum Gasteiger partial charge on any atom is 0.327 e. The molecule has 5 rings (SSSR count). The lowest BCUT2D eigenvalue weighted by atomic mass is 9.99. The van der Waals surface area contributed by atoms with Crippen molar-refractivity contribution < 1.29 is 14.7 Å². The Hall–Kier alpha value is -3.44. The van der Waals surface area contributed by atoms with Crippen LogP contribution in [-0.2, 0) is 10.5 Å². The highest BCUT2D eigenvalue weighted by atomic mass is 32.2. The summed E-state index contributed by atoms with van der Waals surface area (Å²) in [7, 11) is 0. The lowest BCUT2D eigenvalue weighted by Crippen LogP contribution is -2.50. The number of carboxylic acid groups (broad SMARTS) is 1. The lowest BCUT2D eigenvalue weighted by molar-refractivity contribution is -0.138. The Kier molecular flexibility index (Phi) is 9.89. The molecule has 2 unspecified atom stereocenters. The van der Waals surface area contributed by atoms with E-state index in [2.05, 4.69) is 43.0 Å². The number of hydrogen-bond acceptors (Lipinski definition) is 9. The number of nitrogens with one attached hydrogen (secondary N) is 1. The third kappa shape index (κ3) is 7.85. The molecule has 0 bridgehead atoms. The number of aliphatic imine (C=N–C) groups is 1. The molecule has 41 heavy (non-hydrogen) atoms. The summed E-state index contributed by atoms with van der Waals surface area (Å²) in [6.45, 7) is 7.10. The maximum absolute atomic E-state index is 13.4. The van der Waals surface area contributed by atoms with Gasteiger partial charge in [0.25, 0.3) is 5.91 Å². The minimum Gasteiger partial charge on any atom is -0.480 e. The van der Waals surface area contributed by atoms with Gasteiger partial charge in [0, 0.05) is 69.5 Å². The van der Waals surface area contributed by atoms with Crippen molar-refractivity contribution in [1.82, 2.24) is 20.2 Å². The monoisotopic (exact) mass is 577 g/mol. The van der Waals surface area contributed by atoms with E-state index in [0.717, 1.165) is 69.9 Å². The SMILES string of the molecule is CC1CCN(c2cc(C(=O)NC(CSCc3ccccc3)C(=O)O)nc(N3CCN(C4CC=CC=N4)CC3)n2)CC1. The minimum absolute atomic E-state index is 0.166. The number of amides is 1. The first-order valence-electron chi connectivity index (χ1n) is 14.4. The van der Waals surface area contributed by atoms with Crippen LogP contribution in [0, 0.1) is 5.92 Å². The first-order valence-corrected chi connectivity index (χ1v) is 15.6. The number of benzene rings is 1. The molecule has 2 atom stereocenters. The second-order valence-electron chi connectivity index (χ2n) is 10.9. The number of rotatable bonds is 10. The average molecular weight is 578 g/mol. The molecular weight excluding hydrogens is 538 g/mol. The Bertz CT molecular complexity index is 1240. The number of carbonyl (C=O) groups excluding carboxylic acids is 1. The molecule has 0 radical (unpaired) electrons. The molecule has 11 heteroatoms. The van der Waals surface area contributed by atoms with E-state index in [1.165, 1.54) is 11.8 Å². The average Bonchev–Trinajstić information content (AvgIpc) is 3.01. The van der Waals surface area contributed by atoms with Crippen LogP contribution in [0.25, 0.3) is 0 Å². The van der Waals surface area contributed by atoms with Crippen LogP contribution >= 0.6 is 11.8 Å². The molecule has 2 saturated heterocycles. The van der Waals surface area contributed by atoms with E-state index in [1.807, 2.05) is 42.6 Å². The molecule has 0 saturated carbocycles. The number of allylic oxidation sites excluding steroid dienone is 1. The van der Waals surface area contributed by atoms with Crippen LogP contribution in [-0.4, -0.2) is 95.3 Å². The van der Waals surface area contributed by atoms with Gasteiger partial charge < -0.3 is 20.2 Å². The molecule has 0 aliphatic carbocycles. The van der Waals surface area contributed by atoms with Crippen molar-refractivity contribution in [2.45, 2.75) is 44.1 Å². The zero-order valence-electron chi connectivity index (χ0n) is 23.6. The summed E-state index contributed by atoms with van der Waals surface area (Å²) in [6, 6.07) is 10.6. The summed E-state index contributed by atoms with van der Waals surface area (Å²) in [6.07, 6.45) is 9.20. The van der Waals surface area contributed by atoms with E-state index in [4.69, 9.17) is 4.98 Å². The van der Waals surface area contributed by atoms with Gasteiger partial charge in [0.15, 0.2) is 0 Å². The molecule has 3 aliphatic heterocycles. The Morgan fingerprint density at radius 2 is 1.80 bits per heavy atom. The van der Waals surface area contributed by atoms with Gasteiger partial charge >= 0.3 is 5.97 Å². The van der Waals surface area contributed by atoms with Crippen molar-refractivity contribution in [3.63, 3.8) is 0 Å². The number of aromatic nitrogens is 2. The molecule has 218 valence electrons. The topological polar surface area (TPSA) is 114 Å². The third-order valence-corrected chi connectivity index (χ3v) is 8.99. The number of carboxylic acids is 1. The zero-order valence-corrected chi connectivity index (χ0v) is 24.4. The smallest absolute Gasteiger partial charge is 0.327 e. The van der Waals surface area contributed by atoms with E-state index in [-0.39, 0.29) is 17.6 Å². The number of dihydropyridines is 1. The van der Waals surface area contributed by atoms with Crippen LogP contribution in [0.2, 0.25) is 0 Å². The van der Waals surface area contributed by atoms with E-state index in [1.54, 1.807) is 6.07 Å².